The fourth-order valence-electron chi connectivity index (χ4n) is 8.17. The van der Waals surface area contributed by atoms with Gasteiger partial charge in [-0.05, 0) is 42.5 Å². The summed E-state index contributed by atoms with van der Waals surface area (Å²) in [5, 5.41) is 10.8. The summed E-state index contributed by atoms with van der Waals surface area (Å²) in [6.07, 6.45) is 0. The molecule has 0 saturated carbocycles. The van der Waals surface area contributed by atoms with Crippen LogP contribution in [0.2, 0.25) is 0 Å². The van der Waals surface area contributed by atoms with Gasteiger partial charge in [0.2, 0.25) is 0 Å². The molecule has 2 heterocycles. The number of benzene rings is 8. The van der Waals surface area contributed by atoms with Gasteiger partial charge in [-0.1, -0.05) is 182 Å². The SMILES string of the molecule is c1ccc([Si-](c2ccccc2)(c2cccc(-c3cccc4c3sc3ccccc34)c2)c2cccc(-c3cccc4c3sc3ccccc34)c2)cc1. The summed E-state index contributed by atoms with van der Waals surface area (Å²) in [5.41, 5.74) is 5.12. The fraction of sp³-hybridized carbons (Fsp3) is 0. The lowest BCUT2D eigenvalue weighted by Gasteiger charge is -2.47. The molecule has 241 valence electrons. The molecular weight excluding hydrogens is 669 g/mol. The van der Waals surface area contributed by atoms with Crippen LogP contribution in [-0.2, 0) is 0 Å². The molecule has 10 rings (SSSR count). The first-order valence-electron chi connectivity index (χ1n) is 17.4. The molecule has 3 heteroatoms. The summed E-state index contributed by atoms with van der Waals surface area (Å²) in [7, 11) is -2.82. The van der Waals surface area contributed by atoms with Gasteiger partial charge >= 0.3 is 0 Å². The summed E-state index contributed by atoms with van der Waals surface area (Å²) in [6, 6.07) is 72.7. The van der Waals surface area contributed by atoms with Gasteiger partial charge in [-0.2, -0.15) is 20.7 Å². The summed E-state index contributed by atoms with van der Waals surface area (Å²) in [4.78, 5) is 0. The highest BCUT2D eigenvalue weighted by molar-refractivity contribution is 7.26. The van der Waals surface area contributed by atoms with Gasteiger partial charge in [-0.3, -0.25) is 0 Å². The van der Waals surface area contributed by atoms with E-state index in [2.05, 4.69) is 194 Å². The average molecular weight is 701 g/mol. The molecule has 0 fully saturated rings. The fourth-order valence-corrected chi connectivity index (χ4v) is 15.5. The Bertz CT molecular complexity index is 2670. The van der Waals surface area contributed by atoms with Gasteiger partial charge in [0.25, 0.3) is 0 Å². The molecule has 0 radical (unpaired) electrons. The second-order valence-corrected chi connectivity index (χ2v) is 19.1. The highest BCUT2D eigenvalue weighted by Crippen LogP contribution is 2.41. The maximum Gasteiger partial charge on any atom is 0.0433 e. The molecule has 0 amide bonds. The van der Waals surface area contributed by atoms with Crippen molar-refractivity contribution in [3.63, 3.8) is 0 Å². The Labute approximate surface area is 306 Å². The largest absolute Gasteiger partial charge is 0.171 e. The van der Waals surface area contributed by atoms with Crippen molar-refractivity contribution >= 4 is 91.8 Å². The summed E-state index contributed by atoms with van der Waals surface area (Å²) in [5.74, 6) is 0. The highest BCUT2D eigenvalue weighted by atomic mass is 32.1. The number of hydrogen-bond donors (Lipinski definition) is 0. The van der Waals surface area contributed by atoms with Crippen molar-refractivity contribution in [2.24, 2.45) is 0 Å². The topological polar surface area (TPSA) is 0 Å². The van der Waals surface area contributed by atoms with E-state index in [1.807, 2.05) is 22.7 Å². The minimum absolute atomic E-state index is 1.26. The molecule has 0 atom stereocenters. The number of thiophene rings is 2. The van der Waals surface area contributed by atoms with Crippen molar-refractivity contribution in [3.8, 4) is 22.3 Å². The molecule has 0 saturated heterocycles. The van der Waals surface area contributed by atoms with Crippen molar-refractivity contribution in [3.05, 3.63) is 194 Å². The smallest absolute Gasteiger partial charge is 0.0433 e. The molecule has 0 spiro atoms. The second-order valence-electron chi connectivity index (χ2n) is 13.2. The molecule has 0 aliphatic heterocycles. The zero-order valence-electron chi connectivity index (χ0n) is 27.8. The predicted octanol–water partition coefficient (Wildman–Crippen LogP) is 11.1. The highest BCUT2D eigenvalue weighted by Gasteiger charge is 2.29. The zero-order valence-corrected chi connectivity index (χ0v) is 30.4. The van der Waals surface area contributed by atoms with Crippen molar-refractivity contribution < 1.29 is 0 Å². The Morgan fingerprint density at radius 3 is 1.14 bits per heavy atom. The number of fused-ring (bicyclic) bond motifs is 6. The van der Waals surface area contributed by atoms with Crippen LogP contribution in [0.15, 0.2) is 194 Å². The van der Waals surface area contributed by atoms with Crippen molar-refractivity contribution in [1.29, 1.82) is 0 Å². The molecule has 0 bridgehead atoms. The van der Waals surface area contributed by atoms with Crippen LogP contribution in [0.3, 0.4) is 0 Å². The van der Waals surface area contributed by atoms with Crippen LogP contribution in [0.5, 0.6) is 0 Å². The van der Waals surface area contributed by atoms with Crippen LogP contribution < -0.4 is 20.7 Å². The van der Waals surface area contributed by atoms with E-state index in [1.165, 1.54) is 83.3 Å². The van der Waals surface area contributed by atoms with E-state index in [0.717, 1.165) is 0 Å². The standard InChI is InChI=1S/C48H32S2Si/c1-3-17-35(18-4-1)51(36-19-5-2-6-20-36,37-21-11-15-33(31-37)39-25-13-27-43-41-23-7-9-29-45(41)49-47(39)43)38-22-12-16-34(32-38)40-26-14-28-44-42-24-8-10-30-46(42)50-48(40)44/h1-32H/q-1. The second kappa shape index (κ2) is 12.3. The number of rotatable bonds is 6. The summed E-state index contributed by atoms with van der Waals surface area (Å²) >= 11 is 3.80. The van der Waals surface area contributed by atoms with Gasteiger partial charge in [0.15, 0.2) is 0 Å². The normalized spacial score (nSPS) is 11.9. The molecule has 2 aromatic heterocycles. The lowest BCUT2D eigenvalue weighted by atomic mass is 10.0. The van der Waals surface area contributed by atoms with Gasteiger partial charge in [-0.25, -0.2) is 0 Å². The van der Waals surface area contributed by atoms with Crippen molar-refractivity contribution in [1.82, 2.24) is 0 Å². The molecule has 0 unspecified atom stereocenters. The number of hydrogen-bond acceptors (Lipinski definition) is 2. The third-order valence-electron chi connectivity index (χ3n) is 10.4. The van der Waals surface area contributed by atoms with Crippen LogP contribution in [-0.4, -0.2) is 8.07 Å². The zero-order chi connectivity index (χ0) is 33.8. The minimum Gasteiger partial charge on any atom is -0.171 e. The third-order valence-corrected chi connectivity index (χ3v) is 17.6. The van der Waals surface area contributed by atoms with E-state index in [-0.39, 0.29) is 0 Å². The van der Waals surface area contributed by atoms with Crippen LogP contribution in [0.4, 0.5) is 0 Å². The molecule has 8 aromatic carbocycles. The average Bonchev–Trinajstić information content (AvgIpc) is 3.78. The van der Waals surface area contributed by atoms with Crippen LogP contribution in [0.1, 0.15) is 0 Å². The first-order chi connectivity index (χ1) is 25.3. The maximum atomic E-state index is 2.50. The first-order valence-corrected chi connectivity index (χ1v) is 21.1. The molecule has 0 aliphatic carbocycles. The van der Waals surface area contributed by atoms with Crippen molar-refractivity contribution in [2.45, 2.75) is 0 Å². The monoisotopic (exact) mass is 700 g/mol. The van der Waals surface area contributed by atoms with E-state index in [9.17, 15) is 0 Å². The maximum absolute atomic E-state index is 2.82. The summed E-state index contributed by atoms with van der Waals surface area (Å²) in [6.45, 7) is 0. The molecule has 0 N–H and O–H groups in total. The van der Waals surface area contributed by atoms with Gasteiger partial charge in [-0.15, -0.1) is 22.7 Å². The predicted molar refractivity (Wildman–Crippen MR) is 227 cm³/mol. The molecule has 51 heavy (non-hydrogen) atoms. The van der Waals surface area contributed by atoms with Crippen LogP contribution in [0.25, 0.3) is 62.6 Å². The van der Waals surface area contributed by atoms with E-state index >= 15 is 0 Å². The Morgan fingerprint density at radius 1 is 0.294 bits per heavy atom. The Balaban J connectivity index is 1.24. The van der Waals surface area contributed by atoms with Gasteiger partial charge in [0.1, 0.15) is 0 Å². The van der Waals surface area contributed by atoms with Crippen molar-refractivity contribution in [2.75, 3.05) is 0 Å². The Hall–Kier alpha value is -5.58. The van der Waals surface area contributed by atoms with Crippen LogP contribution in [0, 0.1) is 0 Å². The van der Waals surface area contributed by atoms with Crippen LogP contribution >= 0.6 is 22.7 Å². The first kappa shape index (κ1) is 30.3. The Kier molecular flexibility index (Phi) is 7.31. The van der Waals surface area contributed by atoms with E-state index < -0.39 is 8.07 Å². The summed E-state index contributed by atoms with van der Waals surface area (Å²) < 4.78 is 5.36. The van der Waals surface area contributed by atoms with Gasteiger partial charge < -0.3 is 0 Å². The molecule has 0 aliphatic rings. The van der Waals surface area contributed by atoms with E-state index in [1.54, 1.807) is 0 Å². The van der Waals surface area contributed by atoms with Gasteiger partial charge in [0.05, 0.1) is 0 Å². The lowest BCUT2D eigenvalue weighted by molar-refractivity contribution is 1.64. The lowest BCUT2D eigenvalue weighted by Crippen LogP contribution is -2.74. The molecule has 10 aromatic rings. The Morgan fingerprint density at radius 2 is 0.667 bits per heavy atom. The third kappa shape index (κ3) is 4.85. The molecular formula is C48H32S2Si-. The van der Waals surface area contributed by atoms with Gasteiger partial charge in [0, 0.05) is 40.3 Å². The molecule has 0 nitrogen and oxygen atoms in total. The minimum atomic E-state index is -2.82. The quantitative estimate of drug-likeness (QED) is 0.120. The van der Waals surface area contributed by atoms with E-state index in [0.29, 0.717) is 0 Å². The van der Waals surface area contributed by atoms with E-state index in [4.69, 9.17) is 0 Å².